The maximum atomic E-state index is 9.19. The minimum Gasteiger partial charge on any atom is -0.378 e. The molecule has 0 aliphatic heterocycles. The average molecular weight is 297 g/mol. The smallest absolute Gasteiger partial charge is 0.156 e. The Morgan fingerprint density at radius 3 is 1.95 bits per heavy atom. The van der Waals surface area contributed by atoms with Crippen molar-refractivity contribution in [3.63, 3.8) is 0 Å². The van der Waals surface area contributed by atoms with E-state index in [2.05, 4.69) is 28.4 Å². The van der Waals surface area contributed by atoms with E-state index in [1.807, 2.05) is 63.2 Å². The van der Waals surface area contributed by atoms with Gasteiger partial charge in [-0.05, 0) is 44.6 Å². The maximum absolute atomic E-state index is 9.19. The Bertz CT molecular complexity index is 591. The minimum absolute atomic E-state index is 0.248. The van der Waals surface area contributed by atoms with Crippen molar-refractivity contribution < 1.29 is 0 Å². The molecular formula is C17H23N5. The summed E-state index contributed by atoms with van der Waals surface area (Å²) >= 11 is 0. The zero-order valence-electron chi connectivity index (χ0n) is 14.0. The van der Waals surface area contributed by atoms with Gasteiger partial charge in [0.2, 0.25) is 0 Å². The third-order valence-electron chi connectivity index (χ3n) is 2.70. The highest BCUT2D eigenvalue weighted by Crippen LogP contribution is 2.20. The Hall–Kier alpha value is -2.74. The lowest BCUT2D eigenvalue weighted by Gasteiger charge is -2.11. The van der Waals surface area contributed by atoms with Gasteiger partial charge < -0.3 is 4.90 Å². The summed E-state index contributed by atoms with van der Waals surface area (Å²) in [5.41, 5.74) is 2.56. The summed E-state index contributed by atoms with van der Waals surface area (Å²) in [4.78, 5) is 13.7. The lowest BCUT2D eigenvalue weighted by Crippen LogP contribution is -2.07. The van der Waals surface area contributed by atoms with Crippen LogP contribution >= 0.6 is 0 Å². The zero-order valence-corrected chi connectivity index (χ0v) is 14.0. The molecule has 0 saturated heterocycles. The lowest BCUT2D eigenvalue weighted by molar-refractivity contribution is 1.13. The van der Waals surface area contributed by atoms with E-state index in [4.69, 9.17) is 0 Å². The molecule has 1 rings (SSSR count). The lowest BCUT2D eigenvalue weighted by atomic mass is 10.2. The fourth-order valence-corrected chi connectivity index (χ4v) is 1.54. The molecule has 0 saturated carbocycles. The van der Waals surface area contributed by atoms with Gasteiger partial charge in [0, 0.05) is 25.4 Å². The van der Waals surface area contributed by atoms with Gasteiger partial charge in [0.25, 0.3) is 0 Å². The molecule has 22 heavy (non-hydrogen) atoms. The molecule has 116 valence electrons. The van der Waals surface area contributed by atoms with Crippen molar-refractivity contribution >= 4 is 30.5 Å². The van der Waals surface area contributed by atoms with Crippen molar-refractivity contribution in [1.29, 1.82) is 5.26 Å². The number of aliphatic imine (C=N–C) groups is 3. The quantitative estimate of drug-likeness (QED) is 0.771. The molecule has 0 amide bonds. The Morgan fingerprint density at radius 1 is 1.09 bits per heavy atom. The highest BCUT2D eigenvalue weighted by Gasteiger charge is 2.07. The van der Waals surface area contributed by atoms with Gasteiger partial charge in [-0.2, -0.15) is 5.26 Å². The van der Waals surface area contributed by atoms with Crippen LogP contribution in [0.1, 0.15) is 20.8 Å². The number of hydrogen-bond acceptors (Lipinski definition) is 5. The van der Waals surface area contributed by atoms with Crippen LogP contribution in [0.4, 0.5) is 11.4 Å². The second kappa shape index (κ2) is 10.1. The van der Waals surface area contributed by atoms with E-state index in [1.54, 1.807) is 6.92 Å². The van der Waals surface area contributed by atoms with Gasteiger partial charge in [0.15, 0.2) is 5.82 Å². The predicted octanol–water partition coefficient (Wildman–Crippen LogP) is 4.01. The van der Waals surface area contributed by atoms with Gasteiger partial charge in [-0.3, -0.25) is 0 Å². The molecule has 0 aliphatic rings. The Kier molecular flexibility index (Phi) is 8.80. The van der Waals surface area contributed by atoms with Crippen molar-refractivity contribution in [3.8, 4) is 6.07 Å². The molecular weight excluding hydrogens is 274 g/mol. The molecule has 1 aromatic rings. The van der Waals surface area contributed by atoms with Crippen LogP contribution in [0.5, 0.6) is 0 Å². The summed E-state index contributed by atoms with van der Waals surface area (Å²) in [5, 5.41) is 9.19. The number of nitriles is 1. The summed E-state index contributed by atoms with van der Waals surface area (Å²) in [6.07, 6.45) is 0. The highest BCUT2D eigenvalue weighted by atomic mass is 15.1. The van der Waals surface area contributed by atoms with Gasteiger partial charge in [0.05, 0.1) is 5.69 Å². The Morgan fingerprint density at radius 2 is 1.59 bits per heavy atom. The first kappa shape index (κ1) is 19.3. The molecule has 0 unspecified atom stereocenters. The van der Waals surface area contributed by atoms with Crippen molar-refractivity contribution in [2.75, 3.05) is 19.0 Å². The summed E-state index contributed by atoms with van der Waals surface area (Å²) in [5.74, 6) is 0.315. The van der Waals surface area contributed by atoms with Crippen LogP contribution < -0.4 is 4.90 Å². The number of rotatable bonds is 5. The third-order valence-corrected chi connectivity index (χ3v) is 2.70. The molecule has 0 radical (unpaired) electrons. The maximum Gasteiger partial charge on any atom is 0.156 e. The Balaban J connectivity index is 0.00000211. The SMILES string of the molecule is C=NC(N=C)=C(C)C(C#N)=Nc1ccc(N(C)C)cc1.CC. The van der Waals surface area contributed by atoms with Crippen molar-refractivity contribution in [2.24, 2.45) is 15.0 Å². The van der Waals surface area contributed by atoms with Crippen LogP contribution in [0.25, 0.3) is 0 Å². The van der Waals surface area contributed by atoms with Crippen molar-refractivity contribution in [2.45, 2.75) is 20.8 Å². The summed E-state index contributed by atoms with van der Waals surface area (Å²) in [6, 6.07) is 9.61. The molecule has 5 heteroatoms. The molecule has 5 nitrogen and oxygen atoms in total. The van der Waals surface area contributed by atoms with Crippen LogP contribution in [0.15, 0.2) is 50.6 Å². The molecule has 1 aromatic carbocycles. The fourth-order valence-electron chi connectivity index (χ4n) is 1.54. The summed E-state index contributed by atoms with van der Waals surface area (Å²) in [7, 11) is 3.92. The average Bonchev–Trinajstić information content (AvgIpc) is 2.55. The van der Waals surface area contributed by atoms with Gasteiger partial charge in [-0.15, -0.1) is 0 Å². The molecule has 0 heterocycles. The molecule has 0 aromatic heterocycles. The standard InChI is InChI=1S/C15H17N5.C2H6/c1-11(15(17-2)18-3)14(10-16)19-12-6-8-13(9-7-12)20(4)5;1-2/h6-9H,2-3H2,1,4-5H3;1-2H3. The largest absolute Gasteiger partial charge is 0.378 e. The van der Waals surface area contributed by atoms with Crippen LogP contribution in [-0.4, -0.2) is 33.2 Å². The number of anilines is 1. The van der Waals surface area contributed by atoms with Crippen LogP contribution in [-0.2, 0) is 0 Å². The molecule has 0 aliphatic carbocycles. The first-order valence-corrected chi connectivity index (χ1v) is 6.94. The van der Waals surface area contributed by atoms with E-state index >= 15 is 0 Å². The van der Waals surface area contributed by atoms with E-state index in [9.17, 15) is 5.26 Å². The second-order valence-electron chi connectivity index (χ2n) is 4.25. The molecule has 0 N–H and O–H groups in total. The summed E-state index contributed by atoms with van der Waals surface area (Å²) in [6.45, 7) is 12.5. The predicted molar refractivity (Wildman–Crippen MR) is 96.6 cm³/mol. The van der Waals surface area contributed by atoms with E-state index in [0.717, 1.165) is 5.69 Å². The number of benzene rings is 1. The van der Waals surface area contributed by atoms with Crippen LogP contribution in [0.2, 0.25) is 0 Å². The topological polar surface area (TPSA) is 64.1 Å². The Labute approximate surface area is 133 Å². The minimum atomic E-state index is 0.248. The first-order valence-electron chi connectivity index (χ1n) is 6.94. The van der Waals surface area contributed by atoms with Gasteiger partial charge in [0.1, 0.15) is 11.8 Å². The van der Waals surface area contributed by atoms with E-state index in [-0.39, 0.29) is 5.71 Å². The summed E-state index contributed by atoms with van der Waals surface area (Å²) < 4.78 is 0. The number of nitrogens with zero attached hydrogens (tertiary/aromatic N) is 5. The number of hydrogen-bond donors (Lipinski definition) is 0. The van der Waals surface area contributed by atoms with Crippen LogP contribution in [0, 0.1) is 11.3 Å². The molecule has 0 fully saturated rings. The first-order chi connectivity index (χ1) is 10.5. The number of allylic oxidation sites excluding steroid dienone is 1. The fraction of sp³-hybridized carbons (Fsp3) is 0.294. The van der Waals surface area contributed by atoms with Gasteiger partial charge in [-0.25, -0.2) is 15.0 Å². The third kappa shape index (κ3) is 5.33. The molecule has 0 bridgehead atoms. The van der Waals surface area contributed by atoms with Gasteiger partial charge >= 0.3 is 0 Å². The van der Waals surface area contributed by atoms with Crippen molar-refractivity contribution in [1.82, 2.24) is 0 Å². The van der Waals surface area contributed by atoms with E-state index in [0.29, 0.717) is 17.1 Å². The van der Waals surface area contributed by atoms with Crippen molar-refractivity contribution in [3.05, 3.63) is 35.7 Å². The monoisotopic (exact) mass is 297 g/mol. The molecule has 0 spiro atoms. The zero-order chi connectivity index (χ0) is 17.1. The van der Waals surface area contributed by atoms with Crippen LogP contribution in [0.3, 0.4) is 0 Å². The highest BCUT2D eigenvalue weighted by molar-refractivity contribution is 6.12. The van der Waals surface area contributed by atoms with E-state index < -0.39 is 0 Å². The second-order valence-corrected chi connectivity index (χ2v) is 4.25. The van der Waals surface area contributed by atoms with Gasteiger partial charge in [-0.1, -0.05) is 13.8 Å². The van der Waals surface area contributed by atoms with E-state index in [1.165, 1.54) is 0 Å². The molecule has 0 atom stereocenters. The normalized spacial score (nSPS) is 9.73.